The number of hydrogen-bond acceptors (Lipinski definition) is 5. The number of aliphatic hydroxyl groups excluding tert-OH is 2. The molecule has 0 saturated carbocycles. The Balaban J connectivity index is 3.29. The van der Waals surface area contributed by atoms with Crippen molar-refractivity contribution in [3.63, 3.8) is 0 Å². The molecule has 1 amide bonds. The smallest absolute Gasteiger partial charge is 0.305 e. The number of rotatable bonds is 73. The normalized spacial score (nSPS) is 12.5. The highest BCUT2D eigenvalue weighted by atomic mass is 16.5. The Morgan fingerprint density at radius 2 is 0.566 bits per heavy atom. The topological polar surface area (TPSA) is 95.9 Å². The third-order valence-corrected chi connectivity index (χ3v) is 18.3. The first-order valence-corrected chi connectivity index (χ1v) is 38.4. The molecule has 0 fully saturated rings. The van der Waals surface area contributed by atoms with Gasteiger partial charge in [-0.2, -0.15) is 0 Å². The molecule has 0 bridgehead atoms. The maximum absolute atomic E-state index is 12.5. The van der Waals surface area contributed by atoms with E-state index in [-0.39, 0.29) is 18.5 Å². The fourth-order valence-electron chi connectivity index (χ4n) is 12.5. The molecule has 0 aliphatic rings. The van der Waals surface area contributed by atoms with Crippen molar-refractivity contribution in [3.05, 3.63) is 12.2 Å². The predicted octanol–water partition coefficient (Wildman–Crippen LogP) is 25.1. The van der Waals surface area contributed by atoms with Gasteiger partial charge in [0, 0.05) is 12.8 Å². The van der Waals surface area contributed by atoms with E-state index in [1.807, 2.05) is 0 Å². The Morgan fingerprint density at radius 1 is 0.325 bits per heavy atom. The van der Waals surface area contributed by atoms with E-state index in [4.69, 9.17) is 4.74 Å². The Kier molecular flexibility index (Phi) is 71.8. The highest BCUT2D eigenvalue weighted by molar-refractivity contribution is 5.76. The summed E-state index contributed by atoms with van der Waals surface area (Å²) in [5.41, 5.74) is 0. The summed E-state index contributed by atoms with van der Waals surface area (Å²) in [7, 11) is 0. The highest BCUT2D eigenvalue weighted by Crippen LogP contribution is 2.20. The molecule has 3 N–H and O–H groups in total. The van der Waals surface area contributed by atoms with Crippen molar-refractivity contribution in [2.45, 2.75) is 456 Å². The molecule has 2 atom stereocenters. The van der Waals surface area contributed by atoms with E-state index < -0.39 is 12.1 Å². The van der Waals surface area contributed by atoms with E-state index in [0.717, 1.165) is 44.9 Å². The molecular weight excluding hydrogens is 1020 g/mol. The van der Waals surface area contributed by atoms with Gasteiger partial charge in [0.2, 0.25) is 5.91 Å². The van der Waals surface area contributed by atoms with Gasteiger partial charge in [0.05, 0.1) is 25.4 Å². The number of amides is 1. The van der Waals surface area contributed by atoms with Crippen LogP contribution in [-0.2, 0) is 14.3 Å². The van der Waals surface area contributed by atoms with Crippen LogP contribution in [-0.4, -0.2) is 47.4 Å². The minimum Gasteiger partial charge on any atom is -0.466 e. The number of allylic oxidation sites excluding steroid dienone is 2. The van der Waals surface area contributed by atoms with Gasteiger partial charge in [-0.05, 0) is 51.4 Å². The summed E-state index contributed by atoms with van der Waals surface area (Å²) < 4.78 is 5.48. The average Bonchev–Trinajstić information content (AvgIpc) is 3.49. The van der Waals surface area contributed by atoms with Crippen LogP contribution in [0.25, 0.3) is 0 Å². The first-order valence-electron chi connectivity index (χ1n) is 38.4. The van der Waals surface area contributed by atoms with Crippen LogP contribution in [0, 0.1) is 0 Å². The summed E-state index contributed by atoms with van der Waals surface area (Å²) >= 11 is 0. The lowest BCUT2D eigenvalue weighted by molar-refractivity contribution is -0.143. The molecular formula is C77H151NO5. The summed E-state index contributed by atoms with van der Waals surface area (Å²) in [6.07, 6.45) is 91.6. The fourth-order valence-corrected chi connectivity index (χ4v) is 12.5. The quantitative estimate of drug-likeness (QED) is 0.0320. The van der Waals surface area contributed by atoms with Crippen LogP contribution in [0.5, 0.6) is 0 Å². The van der Waals surface area contributed by atoms with Gasteiger partial charge in [-0.1, -0.05) is 392 Å². The van der Waals surface area contributed by atoms with Crippen molar-refractivity contribution in [1.82, 2.24) is 5.32 Å². The summed E-state index contributed by atoms with van der Waals surface area (Å²) in [5, 5.41) is 23.4. The van der Waals surface area contributed by atoms with Crippen molar-refractivity contribution in [1.29, 1.82) is 0 Å². The third-order valence-electron chi connectivity index (χ3n) is 18.3. The number of esters is 1. The van der Waals surface area contributed by atoms with Gasteiger partial charge >= 0.3 is 5.97 Å². The molecule has 0 aliphatic heterocycles. The van der Waals surface area contributed by atoms with Crippen molar-refractivity contribution in [3.8, 4) is 0 Å². The number of unbranched alkanes of at least 4 members (excludes halogenated alkanes) is 60. The van der Waals surface area contributed by atoms with E-state index in [0.29, 0.717) is 25.9 Å². The van der Waals surface area contributed by atoms with Crippen LogP contribution in [0.4, 0.5) is 0 Å². The first-order chi connectivity index (χ1) is 41.0. The molecule has 0 aromatic heterocycles. The summed E-state index contributed by atoms with van der Waals surface area (Å²) in [6, 6.07) is -0.536. The number of carbonyl (C=O) groups excluding carboxylic acids is 2. The summed E-state index contributed by atoms with van der Waals surface area (Å²) in [4.78, 5) is 24.6. The van der Waals surface area contributed by atoms with Gasteiger partial charge in [-0.3, -0.25) is 9.59 Å². The maximum Gasteiger partial charge on any atom is 0.305 e. The van der Waals surface area contributed by atoms with Gasteiger partial charge in [0.15, 0.2) is 0 Å². The van der Waals surface area contributed by atoms with Crippen LogP contribution in [0.3, 0.4) is 0 Å². The lowest BCUT2D eigenvalue weighted by atomic mass is 10.0. The molecule has 6 nitrogen and oxygen atoms in total. The van der Waals surface area contributed by atoms with E-state index in [9.17, 15) is 19.8 Å². The van der Waals surface area contributed by atoms with E-state index in [1.54, 1.807) is 0 Å². The van der Waals surface area contributed by atoms with E-state index in [2.05, 4.69) is 31.3 Å². The minimum atomic E-state index is -0.660. The van der Waals surface area contributed by atoms with Gasteiger partial charge in [0.25, 0.3) is 0 Å². The van der Waals surface area contributed by atoms with Crippen molar-refractivity contribution < 1.29 is 24.5 Å². The number of hydrogen-bond donors (Lipinski definition) is 3. The minimum absolute atomic E-state index is 0.0141. The van der Waals surface area contributed by atoms with Crippen molar-refractivity contribution >= 4 is 11.9 Å². The molecule has 0 spiro atoms. The van der Waals surface area contributed by atoms with Gasteiger partial charge < -0.3 is 20.3 Å². The number of ether oxygens (including phenoxy) is 1. The second kappa shape index (κ2) is 73.1. The fraction of sp³-hybridized carbons (Fsp3) is 0.948. The van der Waals surface area contributed by atoms with E-state index in [1.165, 1.54) is 366 Å². The van der Waals surface area contributed by atoms with Crippen LogP contribution in [0.2, 0.25) is 0 Å². The monoisotopic (exact) mass is 1170 g/mol. The third kappa shape index (κ3) is 69.6. The van der Waals surface area contributed by atoms with Crippen LogP contribution < -0.4 is 5.32 Å². The molecule has 494 valence electrons. The Morgan fingerprint density at radius 3 is 0.880 bits per heavy atom. The second-order valence-corrected chi connectivity index (χ2v) is 26.7. The predicted molar refractivity (Wildman–Crippen MR) is 366 cm³/mol. The zero-order valence-corrected chi connectivity index (χ0v) is 56.7. The van der Waals surface area contributed by atoms with Gasteiger partial charge in [0.1, 0.15) is 0 Å². The molecule has 0 rings (SSSR count). The SMILES string of the molecule is CCCCC/C=C\CCCCCCCC(=O)OCCCCCCCCCCCCCCCCCCCCCCCCCCCCCCCCCCCCCCCC(=O)NC(CO)C(O)CCCCCCCCCCCCCCCCCCC. The van der Waals surface area contributed by atoms with E-state index >= 15 is 0 Å². The second-order valence-electron chi connectivity index (χ2n) is 26.7. The molecule has 0 saturated heterocycles. The Labute approximate surface area is 520 Å². The molecule has 0 aromatic rings. The average molecular weight is 1170 g/mol. The van der Waals surface area contributed by atoms with Crippen LogP contribution in [0.1, 0.15) is 444 Å². The zero-order valence-electron chi connectivity index (χ0n) is 56.7. The lowest BCUT2D eigenvalue weighted by Gasteiger charge is -2.22. The zero-order chi connectivity index (χ0) is 59.9. The molecule has 0 heterocycles. The Bertz CT molecular complexity index is 1260. The molecule has 0 radical (unpaired) electrons. The number of carbonyl (C=O) groups is 2. The standard InChI is InChI=1S/C77H151NO5/c1-3-5-7-9-11-13-15-17-18-40-43-46-49-53-57-61-65-69-75(80)74(73-79)78-76(81)70-66-62-58-54-50-47-44-41-38-36-34-32-30-28-26-24-22-20-19-21-23-25-27-29-31-33-35-37-39-42-45-48-52-56-60-64-68-72-83-77(82)71-67-63-59-55-51-16-14-12-10-8-6-4-2/h12,14,74-75,79-80H,3-11,13,15-73H2,1-2H3,(H,78,81)/b14-12-. The Hall–Kier alpha value is -1.40. The molecule has 6 heteroatoms. The maximum atomic E-state index is 12.5. The lowest BCUT2D eigenvalue weighted by Crippen LogP contribution is -2.45. The molecule has 2 unspecified atom stereocenters. The summed E-state index contributed by atoms with van der Waals surface area (Å²) in [6.45, 7) is 4.98. The van der Waals surface area contributed by atoms with Gasteiger partial charge in [-0.25, -0.2) is 0 Å². The summed E-state index contributed by atoms with van der Waals surface area (Å²) in [5.74, 6) is -0.0106. The molecule has 0 aliphatic carbocycles. The first kappa shape index (κ1) is 81.6. The van der Waals surface area contributed by atoms with Crippen molar-refractivity contribution in [2.24, 2.45) is 0 Å². The van der Waals surface area contributed by atoms with Crippen molar-refractivity contribution in [2.75, 3.05) is 13.2 Å². The van der Waals surface area contributed by atoms with Gasteiger partial charge in [-0.15, -0.1) is 0 Å². The van der Waals surface area contributed by atoms with Crippen LogP contribution >= 0.6 is 0 Å². The number of aliphatic hydroxyl groups is 2. The molecule has 83 heavy (non-hydrogen) atoms. The largest absolute Gasteiger partial charge is 0.466 e. The number of nitrogens with one attached hydrogen (secondary N) is 1. The highest BCUT2D eigenvalue weighted by Gasteiger charge is 2.20. The van der Waals surface area contributed by atoms with Crippen LogP contribution in [0.15, 0.2) is 12.2 Å². The molecule has 0 aromatic carbocycles.